The summed E-state index contributed by atoms with van der Waals surface area (Å²) in [6.07, 6.45) is 1.47. The Morgan fingerprint density at radius 2 is 2.12 bits per heavy atom. The minimum Gasteiger partial charge on any atom is -0.449 e. The Kier molecular flexibility index (Phi) is 3.20. The number of nitrogens with two attached hydrogens (primary N) is 1. The fourth-order valence-electron chi connectivity index (χ4n) is 1.23. The second-order valence-electron chi connectivity index (χ2n) is 3.29. The van der Waals surface area contributed by atoms with Crippen LogP contribution in [0.15, 0.2) is 41.0 Å². The van der Waals surface area contributed by atoms with Gasteiger partial charge in [0.25, 0.3) is 0 Å². The van der Waals surface area contributed by atoms with E-state index in [1.807, 2.05) is 0 Å². The molecular formula is C11H10ClN3O2. The van der Waals surface area contributed by atoms with Gasteiger partial charge in [-0.2, -0.15) is 0 Å². The van der Waals surface area contributed by atoms with Crippen molar-refractivity contribution in [2.45, 2.75) is 0 Å². The standard InChI is InChI=1S/C11H10ClN3O2/c12-8-6-7(3-4-9(8)13)14-11(16)15-10-2-1-5-17-10/h1-6H,13H2,(H2,14,15,16). The molecule has 1 aromatic heterocycles. The number of urea groups is 1. The minimum atomic E-state index is -0.416. The summed E-state index contributed by atoms with van der Waals surface area (Å²) < 4.78 is 4.97. The Hall–Kier alpha value is -2.14. The summed E-state index contributed by atoms with van der Waals surface area (Å²) >= 11 is 5.82. The van der Waals surface area contributed by atoms with Crippen LogP contribution in [-0.4, -0.2) is 6.03 Å². The summed E-state index contributed by atoms with van der Waals surface area (Å²) in [6.45, 7) is 0. The van der Waals surface area contributed by atoms with Crippen molar-refractivity contribution in [1.29, 1.82) is 0 Å². The lowest BCUT2D eigenvalue weighted by Crippen LogP contribution is -2.18. The van der Waals surface area contributed by atoms with E-state index in [0.29, 0.717) is 22.3 Å². The maximum atomic E-state index is 11.5. The van der Waals surface area contributed by atoms with Crippen molar-refractivity contribution in [3.8, 4) is 0 Å². The molecule has 17 heavy (non-hydrogen) atoms. The van der Waals surface area contributed by atoms with Crippen molar-refractivity contribution in [3.63, 3.8) is 0 Å². The van der Waals surface area contributed by atoms with Gasteiger partial charge in [-0.3, -0.25) is 5.32 Å². The first-order valence-corrected chi connectivity index (χ1v) is 5.19. The van der Waals surface area contributed by atoms with Crippen LogP contribution >= 0.6 is 11.6 Å². The number of amides is 2. The zero-order chi connectivity index (χ0) is 12.3. The van der Waals surface area contributed by atoms with Crippen molar-refractivity contribution in [3.05, 3.63) is 41.6 Å². The van der Waals surface area contributed by atoms with Gasteiger partial charge in [0.1, 0.15) is 0 Å². The second kappa shape index (κ2) is 4.80. The molecule has 0 saturated heterocycles. The van der Waals surface area contributed by atoms with Crippen molar-refractivity contribution in [1.82, 2.24) is 0 Å². The molecule has 0 fully saturated rings. The zero-order valence-electron chi connectivity index (χ0n) is 8.74. The lowest BCUT2D eigenvalue weighted by Gasteiger charge is -2.06. The molecule has 0 spiro atoms. The molecule has 0 radical (unpaired) electrons. The number of rotatable bonds is 2. The fraction of sp³-hybridized carbons (Fsp3) is 0. The first-order chi connectivity index (χ1) is 8.15. The predicted molar refractivity (Wildman–Crippen MR) is 67.2 cm³/mol. The van der Waals surface area contributed by atoms with Gasteiger partial charge in [0.05, 0.1) is 17.0 Å². The average molecular weight is 252 g/mol. The number of furan rings is 1. The van der Waals surface area contributed by atoms with Gasteiger partial charge in [0.15, 0.2) is 0 Å². The van der Waals surface area contributed by atoms with Gasteiger partial charge in [0, 0.05) is 11.8 Å². The smallest absolute Gasteiger partial charge is 0.326 e. The molecule has 0 aliphatic carbocycles. The summed E-state index contributed by atoms with van der Waals surface area (Å²) in [6, 6.07) is 7.73. The molecule has 0 atom stereocenters. The van der Waals surface area contributed by atoms with Crippen LogP contribution in [0.2, 0.25) is 5.02 Å². The Bertz CT molecular complexity index is 526. The van der Waals surface area contributed by atoms with Gasteiger partial charge >= 0.3 is 6.03 Å². The number of halogens is 1. The summed E-state index contributed by atoms with van der Waals surface area (Å²) in [5.74, 6) is 0.365. The Morgan fingerprint density at radius 3 is 2.76 bits per heavy atom. The minimum absolute atomic E-state index is 0.365. The Labute approximate surface area is 103 Å². The molecule has 0 aliphatic heterocycles. The third-order valence-corrected chi connectivity index (χ3v) is 2.34. The van der Waals surface area contributed by atoms with E-state index in [2.05, 4.69) is 10.6 Å². The van der Waals surface area contributed by atoms with E-state index >= 15 is 0 Å². The molecule has 0 bridgehead atoms. The van der Waals surface area contributed by atoms with Gasteiger partial charge in [-0.05, 0) is 24.3 Å². The zero-order valence-corrected chi connectivity index (χ0v) is 9.49. The SMILES string of the molecule is Nc1ccc(NC(=O)Nc2ccco2)cc1Cl. The monoisotopic (exact) mass is 251 g/mol. The maximum absolute atomic E-state index is 11.5. The normalized spacial score (nSPS) is 9.94. The molecular weight excluding hydrogens is 242 g/mol. The number of carbonyl (C=O) groups is 1. The van der Waals surface area contributed by atoms with Gasteiger partial charge in [-0.1, -0.05) is 11.6 Å². The third kappa shape index (κ3) is 2.92. The summed E-state index contributed by atoms with van der Waals surface area (Å²) in [4.78, 5) is 11.5. The van der Waals surface area contributed by atoms with E-state index in [9.17, 15) is 4.79 Å². The largest absolute Gasteiger partial charge is 0.449 e. The van der Waals surface area contributed by atoms with Crippen molar-refractivity contribution in [2.24, 2.45) is 0 Å². The molecule has 0 saturated carbocycles. The van der Waals surface area contributed by atoms with Crippen molar-refractivity contribution >= 4 is 34.9 Å². The number of nitrogen functional groups attached to an aromatic ring is 1. The molecule has 4 N–H and O–H groups in total. The van der Waals surface area contributed by atoms with Crippen LogP contribution in [0.4, 0.5) is 22.1 Å². The number of carbonyl (C=O) groups excluding carboxylic acids is 1. The van der Waals surface area contributed by atoms with Crippen LogP contribution < -0.4 is 16.4 Å². The van der Waals surface area contributed by atoms with Crippen LogP contribution in [-0.2, 0) is 0 Å². The highest BCUT2D eigenvalue weighted by Crippen LogP contribution is 2.22. The molecule has 2 aromatic rings. The lowest BCUT2D eigenvalue weighted by molar-refractivity contribution is 0.261. The van der Waals surface area contributed by atoms with Crippen LogP contribution in [0.3, 0.4) is 0 Å². The molecule has 0 aliphatic rings. The molecule has 5 nitrogen and oxygen atoms in total. The topological polar surface area (TPSA) is 80.3 Å². The molecule has 0 unspecified atom stereocenters. The number of anilines is 3. The summed E-state index contributed by atoms with van der Waals surface area (Å²) in [5, 5.41) is 5.50. The number of hydrogen-bond acceptors (Lipinski definition) is 3. The average Bonchev–Trinajstić information content (AvgIpc) is 2.76. The van der Waals surface area contributed by atoms with Gasteiger partial charge in [-0.15, -0.1) is 0 Å². The molecule has 2 rings (SSSR count). The lowest BCUT2D eigenvalue weighted by atomic mass is 10.3. The summed E-state index contributed by atoms with van der Waals surface area (Å²) in [7, 11) is 0. The predicted octanol–water partition coefficient (Wildman–Crippen LogP) is 3.16. The van der Waals surface area contributed by atoms with E-state index in [0.717, 1.165) is 0 Å². The Balaban J connectivity index is 2.00. The molecule has 1 heterocycles. The van der Waals surface area contributed by atoms with Gasteiger partial charge in [-0.25, -0.2) is 4.79 Å². The molecule has 6 heteroatoms. The van der Waals surface area contributed by atoms with Crippen molar-refractivity contribution in [2.75, 3.05) is 16.4 Å². The van der Waals surface area contributed by atoms with E-state index in [1.54, 1.807) is 30.3 Å². The van der Waals surface area contributed by atoms with Crippen LogP contribution in [0, 0.1) is 0 Å². The van der Waals surface area contributed by atoms with Gasteiger partial charge in [0.2, 0.25) is 5.88 Å². The summed E-state index contributed by atoms with van der Waals surface area (Å²) in [5.41, 5.74) is 6.56. The molecule has 2 amide bonds. The number of hydrogen-bond donors (Lipinski definition) is 3. The quantitative estimate of drug-likeness (QED) is 0.717. The van der Waals surface area contributed by atoms with Crippen LogP contribution in [0.5, 0.6) is 0 Å². The highest BCUT2D eigenvalue weighted by Gasteiger charge is 2.05. The molecule has 1 aromatic carbocycles. The first kappa shape index (κ1) is 11.3. The van der Waals surface area contributed by atoms with Gasteiger partial charge < -0.3 is 15.5 Å². The molecule has 88 valence electrons. The van der Waals surface area contributed by atoms with E-state index in [4.69, 9.17) is 21.8 Å². The van der Waals surface area contributed by atoms with Crippen LogP contribution in [0.1, 0.15) is 0 Å². The van der Waals surface area contributed by atoms with Crippen LogP contribution in [0.25, 0.3) is 0 Å². The highest BCUT2D eigenvalue weighted by atomic mass is 35.5. The fourth-order valence-corrected chi connectivity index (χ4v) is 1.41. The highest BCUT2D eigenvalue weighted by molar-refractivity contribution is 6.33. The van der Waals surface area contributed by atoms with E-state index < -0.39 is 6.03 Å². The first-order valence-electron chi connectivity index (χ1n) is 4.81. The second-order valence-corrected chi connectivity index (χ2v) is 3.70. The van der Waals surface area contributed by atoms with E-state index in [1.165, 1.54) is 6.26 Å². The maximum Gasteiger partial charge on any atom is 0.326 e. The Morgan fingerprint density at radius 1 is 1.29 bits per heavy atom. The number of benzene rings is 1. The van der Waals surface area contributed by atoms with Crippen molar-refractivity contribution < 1.29 is 9.21 Å². The number of nitrogens with one attached hydrogen (secondary N) is 2. The third-order valence-electron chi connectivity index (χ3n) is 2.02. The van der Waals surface area contributed by atoms with E-state index in [-0.39, 0.29) is 0 Å².